The minimum Gasteiger partial charge on any atom is -0.385 e. The van der Waals surface area contributed by atoms with Crippen LogP contribution >= 0.6 is 23.2 Å². The van der Waals surface area contributed by atoms with Crippen LogP contribution in [0, 0.1) is 6.92 Å². The lowest BCUT2D eigenvalue weighted by molar-refractivity contribution is 0.117. The van der Waals surface area contributed by atoms with Crippen molar-refractivity contribution in [1.29, 1.82) is 0 Å². The molecule has 2 aromatic heterocycles. The van der Waals surface area contributed by atoms with E-state index in [2.05, 4.69) is 15.2 Å². The average Bonchev–Trinajstić information content (AvgIpc) is 3.29. The molecule has 0 saturated carbocycles. The molecule has 1 aliphatic rings. The van der Waals surface area contributed by atoms with E-state index < -0.39 is 0 Å². The van der Waals surface area contributed by atoms with E-state index in [1.807, 2.05) is 23.7 Å². The van der Waals surface area contributed by atoms with Crippen LogP contribution in [0.25, 0.3) is 11.0 Å². The molecule has 7 nitrogen and oxygen atoms in total. The Kier molecular flexibility index (Phi) is 5.92. The molecule has 9 heteroatoms. The molecule has 0 bridgehead atoms. The smallest absolute Gasteiger partial charge is 0.163 e. The molecule has 4 rings (SSSR count). The summed E-state index contributed by atoms with van der Waals surface area (Å²) in [5, 5.41) is 10.2. The van der Waals surface area contributed by atoms with Gasteiger partial charge in [-0.1, -0.05) is 28.4 Å². The van der Waals surface area contributed by atoms with Crippen molar-refractivity contribution in [2.45, 2.75) is 25.8 Å². The number of hydrogen-bond acceptors (Lipinski definition) is 6. The van der Waals surface area contributed by atoms with Crippen LogP contribution in [0.15, 0.2) is 18.2 Å². The Hall–Kier alpha value is -1.93. The van der Waals surface area contributed by atoms with E-state index in [1.54, 1.807) is 20.3 Å². The highest BCUT2D eigenvalue weighted by molar-refractivity contribution is 6.37. The van der Waals surface area contributed by atoms with E-state index in [-0.39, 0.29) is 6.04 Å². The van der Waals surface area contributed by atoms with Gasteiger partial charge in [-0.05, 0) is 43.5 Å². The summed E-state index contributed by atoms with van der Waals surface area (Å²) < 4.78 is 12.6. The van der Waals surface area contributed by atoms with Crippen LogP contribution in [-0.4, -0.2) is 54.0 Å². The van der Waals surface area contributed by atoms with Crippen molar-refractivity contribution in [3.63, 3.8) is 0 Å². The number of methoxy groups -OCH3 is 2. The Bertz CT molecular complexity index is 1040. The van der Waals surface area contributed by atoms with Crippen molar-refractivity contribution < 1.29 is 9.47 Å². The van der Waals surface area contributed by atoms with Crippen molar-refractivity contribution in [3.05, 3.63) is 39.5 Å². The number of pyridine rings is 1. The van der Waals surface area contributed by atoms with Gasteiger partial charge in [0.05, 0.1) is 28.9 Å². The topological polar surface area (TPSA) is 65.3 Å². The molecule has 154 valence electrons. The van der Waals surface area contributed by atoms with Gasteiger partial charge in [-0.2, -0.15) is 0 Å². The fraction of sp³-hybridized carbons (Fsp3) is 0.450. The van der Waals surface area contributed by atoms with Crippen LogP contribution in [-0.2, 0) is 15.9 Å². The molecule has 0 aliphatic carbocycles. The molecule has 0 radical (unpaired) electrons. The largest absolute Gasteiger partial charge is 0.385 e. The lowest BCUT2D eigenvalue weighted by atomic mass is 10.2. The quantitative estimate of drug-likeness (QED) is 0.549. The number of halogens is 2. The lowest BCUT2D eigenvalue weighted by Gasteiger charge is -2.21. The first-order valence-corrected chi connectivity index (χ1v) is 10.2. The third-order valence-electron chi connectivity index (χ3n) is 5.17. The van der Waals surface area contributed by atoms with Gasteiger partial charge in [0.2, 0.25) is 0 Å². The number of hydrogen-bond donors (Lipinski definition) is 0. The molecule has 0 saturated heterocycles. The van der Waals surface area contributed by atoms with E-state index in [9.17, 15) is 0 Å². The normalized spacial score (nSPS) is 14.6. The minimum atomic E-state index is 0.0212. The summed E-state index contributed by atoms with van der Waals surface area (Å²) in [6, 6.07) is 5.76. The summed E-state index contributed by atoms with van der Waals surface area (Å²) in [6.45, 7) is 3.87. The Morgan fingerprint density at radius 2 is 2.00 bits per heavy atom. The molecule has 1 aromatic carbocycles. The number of rotatable bonds is 7. The van der Waals surface area contributed by atoms with Crippen LogP contribution in [0.1, 0.15) is 23.7 Å². The third-order valence-corrected chi connectivity index (χ3v) is 5.67. The molecule has 29 heavy (non-hydrogen) atoms. The van der Waals surface area contributed by atoms with Gasteiger partial charge < -0.3 is 14.4 Å². The zero-order valence-corrected chi connectivity index (χ0v) is 18.2. The van der Waals surface area contributed by atoms with Gasteiger partial charge in [-0.3, -0.25) is 0 Å². The molecule has 0 amide bonds. The Morgan fingerprint density at radius 1 is 1.17 bits per heavy atom. The number of aryl methyl sites for hydroxylation is 1. The van der Waals surface area contributed by atoms with Crippen molar-refractivity contribution in [2.75, 3.05) is 38.9 Å². The van der Waals surface area contributed by atoms with Gasteiger partial charge in [0.15, 0.2) is 11.3 Å². The van der Waals surface area contributed by atoms with Gasteiger partial charge in [-0.25, -0.2) is 9.67 Å². The summed E-state index contributed by atoms with van der Waals surface area (Å²) >= 11 is 12.7. The van der Waals surface area contributed by atoms with E-state index in [0.29, 0.717) is 23.3 Å². The second-order valence-electron chi connectivity index (χ2n) is 7.18. The summed E-state index contributed by atoms with van der Waals surface area (Å²) in [5.74, 6) is 0.761. The van der Waals surface area contributed by atoms with Gasteiger partial charge in [-0.15, -0.1) is 5.10 Å². The molecule has 1 aliphatic heterocycles. The fourth-order valence-electron chi connectivity index (χ4n) is 3.89. The standard InChI is InChI=1S/C20H23Cl2N5O2/c1-12-8-17-18(24-25-27(17)15(11-29-3)5-7-28-2)20(23-12)26-6-4-13-9-14(21)10-16(22)19(13)26/h8-10,15H,4-7,11H2,1-3H3/t15-/m1/s1. The Morgan fingerprint density at radius 3 is 2.76 bits per heavy atom. The van der Waals surface area contributed by atoms with Gasteiger partial charge >= 0.3 is 0 Å². The zero-order chi connectivity index (χ0) is 20.5. The van der Waals surface area contributed by atoms with Crippen molar-refractivity contribution in [2.24, 2.45) is 0 Å². The predicted molar refractivity (Wildman–Crippen MR) is 115 cm³/mol. The first-order valence-electron chi connectivity index (χ1n) is 9.49. The Labute approximate surface area is 179 Å². The second kappa shape index (κ2) is 8.44. The molecule has 0 spiro atoms. The van der Waals surface area contributed by atoms with Crippen LogP contribution in [0.4, 0.5) is 11.5 Å². The first-order chi connectivity index (χ1) is 14.0. The second-order valence-corrected chi connectivity index (χ2v) is 8.02. The number of nitrogens with zero attached hydrogens (tertiary/aromatic N) is 5. The van der Waals surface area contributed by atoms with Gasteiger partial charge in [0.1, 0.15) is 0 Å². The number of aromatic nitrogens is 4. The molecular weight excluding hydrogens is 413 g/mol. The predicted octanol–water partition coefficient (Wildman–Crippen LogP) is 4.36. The van der Waals surface area contributed by atoms with Crippen molar-refractivity contribution in [1.82, 2.24) is 20.0 Å². The maximum atomic E-state index is 6.54. The summed E-state index contributed by atoms with van der Waals surface area (Å²) in [6.07, 6.45) is 1.62. The maximum absolute atomic E-state index is 6.54. The SMILES string of the molecule is COCC[C@H](COC)n1nnc2c(N3CCc4cc(Cl)cc(Cl)c43)nc(C)cc21. The van der Waals surface area contributed by atoms with Crippen LogP contribution in [0.2, 0.25) is 10.0 Å². The zero-order valence-electron chi connectivity index (χ0n) is 16.7. The Balaban J connectivity index is 1.81. The highest BCUT2D eigenvalue weighted by Gasteiger charge is 2.28. The lowest BCUT2D eigenvalue weighted by Crippen LogP contribution is -2.19. The number of anilines is 2. The van der Waals surface area contributed by atoms with Crippen LogP contribution in [0.3, 0.4) is 0 Å². The van der Waals surface area contributed by atoms with Gasteiger partial charge in [0.25, 0.3) is 0 Å². The molecule has 3 aromatic rings. The number of ether oxygens (including phenoxy) is 2. The average molecular weight is 436 g/mol. The molecule has 0 unspecified atom stereocenters. The van der Waals surface area contributed by atoms with E-state index in [0.717, 1.165) is 53.2 Å². The fourth-order valence-corrected chi connectivity index (χ4v) is 4.53. The highest BCUT2D eigenvalue weighted by atomic mass is 35.5. The monoisotopic (exact) mass is 435 g/mol. The first kappa shape index (κ1) is 20.3. The van der Waals surface area contributed by atoms with E-state index in [1.165, 1.54) is 0 Å². The van der Waals surface area contributed by atoms with Crippen LogP contribution < -0.4 is 4.90 Å². The summed E-state index contributed by atoms with van der Waals surface area (Å²) in [7, 11) is 3.38. The van der Waals surface area contributed by atoms with Crippen LogP contribution in [0.5, 0.6) is 0 Å². The minimum absolute atomic E-state index is 0.0212. The summed E-state index contributed by atoms with van der Waals surface area (Å²) in [5.41, 5.74) is 4.61. The molecule has 0 N–H and O–H groups in total. The van der Waals surface area contributed by atoms with Crippen molar-refractivity contribution >= 4 is 45.7 Å². The third kappa shape index (κ3) is 3.80. The number of fused-ring (bicyclic) bond motifs is 2. The maximum Gasteiger partial charge on any atom is 0.163 e. The van der Waals surface area contributed by atoms with Crippen molar-refractivity contribution in [3.8, 4) is 0 Å². The van der Waals surface area contributed by atoms with E-state index in [4.69, 9.17) is 37.7 Å². The molecule has 3 heterocycles. The van der Waals surface area contributed by atoms with Gasteiger partial charge in [0, 0.05) is 38.1 Å². The highest BCUT2D eigenvalue weighted by Crippen LogP contribution is 2.42. The van der Waals surface area contributed by atoms with E-state index >= 15 is 0 Å². The summed E-state index contributed by atoms with van der Waals surface area (Å²) in [4.78, 5) is 6.90. The molecule has 1 atom stereocenters. The number of benzene rings is 1. The molecule has 0 fully saturated rings. The molecular formula is C20H23Cl2N5O2.